The maximum atomic E-state index is 10.7. The third-order valence-corrected chi connectivity index (χ3v) is 1.44. The highest BCUT2D eigenvalue weighted by molar-refractivity contribution is 5.92. The monoisotopic (exact) mass is 164 g/mol. The largest absolute Gasteiger partial charge is 0.387 e. The SMILES string of the molecule is [CH2]c1ccccc1NC(=O)CO. The Morgan fingerprint density at radius 2 is 2.17 bits per heavy atom. The Morgan fingerprint density at radius 3 is 2.75 bits per heavy atom. The lowest BCUT2D eigenvalue weighted by atomic mass is 10.2. The van der Waals surface area contributed by atoms with Gasteiger partial charge in [0.25, 0.3) is 0 Å². The Kier molecular flexibility index (Phi) is 2.82. The molecule has 0 unspecified atom stereocenters. The number of rotatable bonds is 2. The van der Waals surface area contributed by atoms with Gasteiger partial charge in [-0.05, 0) is 18.6 Å². The standard InChI is InChI=1S/C9H10NO2/c1-7-4-2-3-5-8(7)10-9(12)6-11/h2-5,11H,1,6H2,(H,10,12). The van der Waals surface area contributed by atoms with Crippen molar-refractivity contribution in [3.63, 3.8) is 0 Å². The highest BCUT2D eigenvalue weighted by Gasteiger charge is 2.00. The summed E-state index contributed by atoms with van der Waals surface area (Å²) in [6.07, 6.45) is 0. The van der Waals surface area contributed by atoms with Crippen molar-refractivity contribution in [3.05, 3.63) is 36.8 Å². The van der Waals surface area contributed by atoms with Gasteiger partial charge in [-0.2, -0.15) is 0 Å². The fraction of sp³-hybridized carbons (Fsp3) is 0.111. The van der Waals surface area contributed by atoms with E-state index in [1.165, 1.54) is 0 Å². The first-order chi connectivity index (χ1) is 5.74. The van der Waals surface area contributed by atoms with Gasteiger partial charge in [0.1, 0.15) is 6.61 Å². The molecule has 3 nitrogen and oxygen atoms in total. The molecule has 1 aromatic rings. The first-order valence-corrected chi connectivity index (χ1v) is 3.55. The Hall–Kier alpha value is -1.35. The summed E-state index contributed by atoms with van der Waals surface area (Å²) in [6, 6.07) is 7.14. The second kappa shape index (κ2) is 3.88. The summed E-state index contributed by atoms with van der Waals surface area (Å²) in [5.41, 5.74) is 1.37. The van der Waals surface area contributed by atoms with E-state index < -0.39 is 12.5 Å². The van der Waals surface area contributed by atoms with E-state index in [0.29, 0.717) is 5.69 Å². The maximum Gasteiger partial charge on any atom is 0.250 e. The van der Waals surface area contributed by atoms with E-state index in [2.05, 4.69) is 12.2 Å². The highest BCUT2D eigenvalue weighted by Crippen LogP contribution is 2.12. The van der Waals surface area contributed by atoms with Crippen LogP contribution in [0.25, 0.3) is 0 Å². The maximum absolute atomic E-state index is 10.7. The van der Waals surface area contributed by atoms with Crippen LogP contribution in [0.5, 0.6) is 0 Å². The second-order valence-electron chi connectivity index (χ2n) is 2.36. The minimum Gasteiger partial charge on any atom is -0.387 e. The lowest BCUT2D eigenvalue weighted by Crippen LogP contribution is -2.15. The van der Waals surface area contributed by atoms with Gasteiger partial charge >= 0.3 is 0 Å². The predicted molar refractivity (Wildman–Crippen MR) is 46.6 cm³/mol. The lowest BCUT2D eigenvalue weighted by Gasteiger charge is -2.05. The van der Waals surface area contributed by atoms with Crippen LogP contribution in [0.3, 0.4) is 0 Å². The van der Waals surface area contributed by atoms with Gasteiger partial charge in [0.2, 0.25) is 5.91 Å². The van der Waals surface area contributed by atoms with Gasteiger partial charge in [-0.3, -0.25) is 4.79 Å². The fourth-order valence-electron chi connectivity index (χ4n) is 0.832. The summed E-state index contributed by atoms with van der Waals surface area (Å²) in [5, 5.41) is 11.0. The zero-order valence-corrected chi connectivity index (χ0v) is 6.58. The molecular weight excluding hydrogens is 154 g/mol. The number of carbonyl (C=O) groups is 1. The van der Waals surface area contributed by atoms with Gasteiger partial charge in [0.05, 0.1) is 0 Å². The van der Waals surface area contributed by atoms with Crippen molar-refractivity contribution in [1.82, 2.24) is 0 Å². The Balaban J connectivity index is 2.75. The van der Waals surface area contributed by atoms with Crippen LogP contribution in [-0.2, 0) is 4.79 Å². The van der Waals surface area contributed by atoms with E-state index >= 15 is 0 Å². The van der Waals surface area contributed by atoms with Crippen molar-refractivity contribution in [1.29, 1.82) is 0 Å². The molecule has 0 bridgehead atoms. The molecule has 0 aliphatic carbocycles. The average Bonchev–Trinajstić information content (AvgIpc) is 2.09. The molecule has 2 N–H and O–H groups in total. The van der Waals surface area contributed by atoms with Crippen molar-refractivity contribution >= 4 is 11.6 Å². The van der Waals surface area contributed by atoms with Crippen LogP contribution in [0.1, 0.15) is 5.56 Å². The highest BCUT2D eigenvalue weighted by atomic mass is 16.3. The molecule has 0 atom stereocenters. The van der Waals surface area contributed by atoms with E-state index in [9.17, 15) is 4.79 Å². The first kappa shape index (κ1) is 8.74. The predicted octanol–water partition coefficient (Wildman–Crippen LogP) is 0.800. The molecule has 0 spiro atoms. The minimum absolute atomic E-state index is 0.425. The van der Waals surface area contributed by atoms with Gasteiger partial charge in [-0.1, -0.05) is 18.2 Å². The number of para-hydroxylation sites is 1. The number of hydrogen-bond acceptors (Lipinski definition) is 2. The number of aliphatic hydroxyl groups excluding tert-OH is 1. The van der Waals surface area contributed by atoms with Crippen LogP contribution < -0.4 is 5.32 Å². The molecule has 0 aliphatic heterocycles. The number of amides is 1. The van der Waals surface area contributed by atoms with Crippen LogP contribution in [0.15, 0.2) is 24.3 Å². The van der Waals surface area contributed by atoms with Crippen molar-refractivity contribution in [2.75, 3.05) is 11.9 Å². The van der Waals surface area contributed by atoms with Gasteiger partial charge in [0, 0.05) is 5.69 Å². The quantitative estimate of drug-likeness (QED) is 0.679. The smallest absolute Gasteiger partial charge is 0.250 e. The lowest BCUT2D eigenvalue weighted by molar-refractivity contribution is -0.118. The van der Waals surface area contributed by atoms with Crippen LogP contribution in [0.2, 0.25) is 0 Å². The summed E-state index contributed by atoms with van der Waals surface area (Å²) in [4.78, 5) is 10.7. The van der Waals surface area contributed by atoms with E-state index in [4.69, 9.17) is 5.11 Å². The first-order valence-electron chi connectivity index (χ1n) is 3.55. The van der Waals surface area contributed by atoms with Crippen LogP contribution in [-0.4, -0.2) is 17.6 Å². The zero-order chi connectivity index (χ0) is 8.97. The van der Waals surface area contributed by atoms with Crippen molar-refractivity contribution in [2.45, 2.75) is 0 Å². The molecule has 3 heteroatoms. The number of nitrogens with one attached hydrogen (secondary N) is 1. The summed E-state index contributed by atoms with van der Waals surface area (Å²) < 4.78 is 0. The molecule has 0 saturated carbocycles. The van der Waals surface area contributed by atoms with Gasteiger partial charge < -0.3 is 10.4 Å². The third kappa shape index (κ3) is 2.07. The number of benzene rings is 1. The van der Waals surface area contributed by atoms with Crippen LogP contribution >= 0.6 is 0 Å². The number of carbonyl (C=O) groups excluding carboxylic acids is 1. The second-order valence-corrected chi connectivity index (χ2v) is 2.36. The van der Waals surface area contributed by atoms with Crippen molar-refractivity contribution in [3.8, 4) is 0 Å². The molecule has 1 rings (SSSR count). The Morgan fingerprint density at radius 1 is 1.50 bits per heavy atom. The van der Waals surface area contributed by atoms with E-state index in [-0.39, 0.29) is 0 Å². The number of anilines is 1. The molecule has 0 aliphatic rings. The minimum atomic E-state index is -0.506. The van der Waals surface area contributed by atoms with Gasteiger partial charge in [0.15, 0.2) is 0 Å². The summed E-state index contributed by atoms with van der Waals surface area (Å²) in [6.45, 7) is 3.21. The van der Waals surface area contributed by atoms with Crippen molar-refractivity contribution in [2.24, 2.45) is 0 Å². The van der Waals surface area contributed by atoms with Crippen LogP contribution in [0.4, 0.5) is 5.69 Å². The summed E-state index contributed by atoms with van der Waals surface area (Å²) >= 11 is 0. The molecule has 1 aromatic carbocycles. The van der Waals surface area contributed by atoms with E-state index in [0.717, 1.165) is 5.56 Å². The van der Waals surface area contributed by atoms with Gasteiger partial charge in [-0.15, -0.1) is 0 Å². The van der Waals surface area contributed by atoms with E-state index in [1.54, 1.807) is 18.2 Å². The third-order valence-electron chi connectivity index (χ3n) is 1.44. The Bertz CT molecular complexity index is 284. The molecule has 1 amide bonds. The molecule has 0 fully saturated rings. The van der Waals surface area contributed by atoms with Crippen molar-refractivity contribution < 1.29 is 9.90 Å². The molecule has 0 heterocycles. The zero-order valence-electron chi connectivity index (χ0n) is 6.58. The summed E-state index contributed by atoms with van der Waals surface area (Å²) in [7, 11) is 0. The fourth-order valence-corrected chi connectivity index (χ4v) is 0.832. The normalized spacial score (nSPS) is 9.50. The summed E-state index contributed by atoms with van der Waals surface area (Å²) in [5.74, 6) is -0.425. The molecule has 63 valence electrons. The average molecular weight is 164 g/mol. The van der Waals surface area contributed by atoms with Crippen LogP contribution in [0, 0.1) is 6.92 Å². The molecular formula is C9H10NO2. The van der Waals surface area contributed by atoms with E-state index in [1.807, 2.05) is 6.07 Å². The molecule has 0 aromatic heterocycles. The van der Waals surface area contributed by atoms with Gasteiger partial charge in [-0.25, -0.2) is 0 Å². The number of hydrogen-bond donors (Lipinski definition) is 2. The molecule has 1 radical (unpaired) electrons. The molecule has 12 heavy (non-hydrogen) atoms. The Labute approximate surface area is 71.0 Å². The molecule has 0 saturated heterocycles. The topological polar surface area (TPSA) is 49.3 Å². The number of aliphatic hydroxyl groups is 1.